The molecule has 3 rings (SSSR count). The molecule has 1 unspecified atom stereocenters. The Morgan fingerprint density at radius 3 is 2.75 bits per heavy atom. The van der Waals surface area contributed by atoms with Gasteiger partial charge in [-0.2, -0.15) is 0 Å². The van der Waals surface area contributed by atoms with Crippen LogP contribution in [0.25, 0.3) is 0 Å². The van der Waals surface area contributed by atoms with Crippen molar-refractivity contribution in [2.45, 2.75) is 44.2 Å². The third-order valence-electron chi connectivity index (χ3n) is 4.54. The lowest BCUT2D eigenvalue weighted by molar-refractivity contribution is -0.122. The number of aromatic nitrogens is 1. The zero-order valence-corrected chi connectivity index (χ0v) is 14.3. The van der Waals surface area contributed by atoms with Gasteiger partial charge in [0, 0.05) is 17.8 Å². The molecule has 4 N–H and O–H groups in total. The quantitative estimate of drug-likeness (QED) is 0.717. The Morgan fingerprint density at radius 1 is 1.38 bits per heavy atom. The maximum absolute atomic E-state index is 12.3. The van der Waals surface area contributed by atoms with E-state index in [0.29, 0.717) is 23.9 Å². The summed E-state index contributed by atoms with van der Waals surface area (Å²) in [5, 5.41) is 15.2. The Hall–Kier alpha value is -1.92. The van der Waals surface area contributed by atoms with Gasteiger partial charge in [0.2, 0.25) is 5.91 Å². The van der Waals surface area contributed by atoms with Gasteiger partial charge in [0.25, 0.3) is 0 Å². The smallest absolute Gasteiger partial charge is 0.220 e. The number of nitrogens with zero attached hydrogens (tertiary/aromatic N) is 1. The second-order valence-corrected chi connectivity index (χ2v) is 7.32. The molecule has 1 fully saturated rings. The third kappa shape index (κ3) is 4.55. The van der Waals surface area contributed by atoms with Gasteiger partial charge in [-0.15, -0.1) is 11.3 Å². The second kappa shape index (κ2) is 7.77. The van der Waals surface area contributed by atoms with Gasteiger partial charge >= 0.3 is 0 Å². The number of thiazole rings is 1. The van der Waals surface area contributed by atoms with E-state index in [4.69, 9.17) is 5.73 Å². The first kappa shape index (κ1) is 16.9. The minimum Gasteiger partial charge on any atom is -0.393 e. The van der Waals surface area contributed by atoms with Crippen molar-refractivity contribution in [2.75, 3.05) is 5.73 Å². The first-order valence-electron chi connectivity index (χ1n) is 8.31. The average molecular weight is 345 g/mol. The summed E-state index contributed by atoms with van der Waals surface area (Å²) in [6.07, 6.45) is 3.12. The Bertz CT molecular complexity index is 668. The fraction of sp³-hybridized carbons (Fsp3) is 0.444. The molecule has 1 heterocycles. The van der Waals surface area contributed by atoms with Crippen LogP contribution in [-0.4, -0.2) is 28.1 Å². The van der Waals surface area contributed by atoms with Gasteiger partial charge in [-0.25, -0.2) is 4.98 Å². The molecule has 24 heavy (non-hydrogen) atoms. The monoisotopic (exact) mass is 345 g/mol. The summed E-state index contributed by atoms with van der Waals surface area (Å²) < 4.78 is 0. The zero-order valence-electron chi connectivity index (χ0n) is 13.5. The van der Waals surface area contributed by atoms with E-state index in [0.717, 1.165) is 25.0 Å². The first-order chi connectivity index (χ1) is 11.6. The molecule has 0 saturated heterocycles. The van der Waals surface area contributed by atoms with E-state index in [1.54, 1.807) is 0 Å². The predicted octanol–water partition coefficient (Wildman–Crippen LogP) is 2.16. The molecule has 0 aliphatic heterocycles. The highest BCUT2D eigenvalue weighted by Gasteiger charge is 2.34. The molecule has 1 aliphatic carbocycles. The molecule has 1 amide bonds. The molecule has 0 spiro atoms. The lowest BCUT2D eigenvalue weighted by Gasteiger charge is -2.38. The van der Waals surface area contributed by atoms with E-state index < -0.39 is 0 Å². The molecule has 2 aromatic rings. The Balaban J connectivity index is 1.55. The lowest BCUT2D eigenvalue weighted by Crippen LogP contribution is -2.48. The number of carbonyl (C=O) groups excluding carboxylic acids is 1. The number of nitrogen functional groups attached to an aromatic ring is 1. The summed E-state index contributed by atoms with van der Waals surface area (Å²) >= 11 is 1.40. The number of benzene rings is 1. The van der Waals surface area contributed by atoms with Crippen LogP contribution in [-0.2, 0) is 17.6 Å². The first-order valence-corrected chi connectivity index (χ1v) is 9.19. The summed E-state index contributed by atoms with van der Waals surface area (Å²) in [5.74, 6) is 0.378. The normalized spacial score (nSPS) is 21.0. The van der Waals surface area contributed by atoms with Crippen molar-refractivity contribution in [1.29, 1.82) is 0 Å². The fourth-order valence-corrected chi connectivity index (χ4v) is 3.72. The van der Waals surface area contributed by atoms with Crippen molar-refractivity contribution in [3.05, 3.63) is 47.0 Å². The summed E-state index contributed by atoms with van der Waals surface area (Å²) in [7, 11) is 0. The Labute approximate surface area is 145 Å². The van der Waals surface area contributed by atoms with E-state index in [1.165, 1.54) is 16.9 Å². The third-order valence-corrected chi connectivity index (χ3v) is 5.26. The van der Waals surface area contributed by atoms with Crippen molar-refractivity contribution in [2.24, 2.45) is 5.92 Å². The number of nitrogens with one attached hydrogen (secondary N) is 1. The van der Waals surface area contributed by atoms with Gasteiger partial charge in [-0.05, 0) is 37.2 Å². The van der Waals surface area contributed by atoms with Crippen LogP contribution in [0.5, 0.6) is 0 Å². The lowest BCUT2D eigenvalue weighted by atomic mass is 9.75. The number of anilines is 1. The number of amides is 1. The fourth-order valence-electron chi connectivity index (χ4n) is 3.12. The number of nitrogens with two attached hydrogens (primary N) is 1. The van der Waals surface area contributed by atoms with Gasteiger partial charge in [0.15, 0.2) is 5.13 Å². The van der Waals surface area contributed by atoms with Gasteiger partial charge in [-0.3, -0.25) is 4.79 Å². The van der Waals surface area contributed by atoms with Gasteiger partial charge in [-0.1, -0.05) is 30.3 Å². The van der Waals surface area contributed by atoms with E-state index in [-0.39, 0.29) is 18.1 Å². The molecule has 0 bridgehead atoms. The minimum atomic E-state index is -0.219. The number of aliphatic hydroxyl groups is 1. The molecule has 128 valence electrons. The van der Waals surface area contributed by atoms with Crippen LogP contribution in [0.2, 0.25) is 0 Å². The van der Waals surface area contributed by atoms with Gasteiger partial charge in [0.1, 0.15) is 0 Å². The van der Waals surface area contributed by atoms with Gasteiger partial charge in [0.05, 0.1) is 11.8 Å². The van der Waals surface area contributed by atoms with Crippen molar-refractivity contribution in [1.82, 2.24) is 10.3 Å². The molecule has 6 heteroatoms. The largest absolute Gasteiger partial charge is 0.393 e. The van der Waals surface area contributed by atoms with Crippen LogP contribution in [0, 0.1) is 5.92 Å². The van der Waals surface area contributed by atoms with Crippen molar-refractivity contribution in [3.8, 4) is 0 Å². The number of carbonyl (C=O) groups is 1. The molecular weight excluding hydrogens is 322 g/mol. The van der Waals surface area contributed by atoms with Crippen LogP contribution >= 0.6 is 11.3 Å². The Morgan fingerprint density at radius 2 is 2.12 bits per heavy atom. The molecule has 5 nitrogen and oxygen atoms in total. The van der Waals surface area contributed by atoms with Crippen molar-refractivity contribution in [3.63, 3.8) is 0 Å². The average Bonchev–Trinajstić information content (AvgIpc) is 2.96. The number of hydrogen-bond donors (Lipinski definition) is 3. The standard InChI is InChI=1S/C18H23N3O2S/c19-18-20-14(11-24-18)6-7-17(23)21-16(13-9-15(22)10-13)8-12-4-2-1-3-5-12/h1-5,11,13,15-16,22H,6-10H2,(H2,19,20)(H,21,23). The molecule has 1 saturated carbocycles. The predicted molar refractivity (Wildman–Crippen MR) is 95.7 cm³/mol. The summed E-state index contributed by atoms with van der Waals surface area (Å²) in [6.45, 7) is 0. The van der Waals surface area contributed by atoms with E-state index in [2.05, 4.69) is 22.4 Å². The molecule has 0 radical (unpaired) electrons. The highest BCUT2D eigenvalue weighted by molar-refractivity contribution is 7.13. The van der Waals surface area contributed by atoms with Crippen molar-refractivity contribution < 1.29 is 9.90 Å². The molecule has 1 aromatic heterocycles. The van der Waals surface area contributed by atoms with Crippen LogP contribution in [0.4, 0.5) is 5.13 Å². The van der Waals surface area contributed by atoms with E-state index in [9.17, 15) is 9.90 Å². The van der Waals surface area contributed by atoms with E-state index >= 15 is 0 Å². The number of rotatable bonds is 7. The Kier molecular flexibility index (Phi) is 5.48. The van der Waals surface area contributed by atoms with Crippen molar-refractivity contribution >= 4 is 22.4 Å². The SMILES string of the molecule is Nc1nc(CCC(=O)NC(Cc2ccccc2)C2CC(O)C2)cs1. The molecule has 1 aliphatic rings. The molecule has 1 atom stereocenters. The zero-order chi connectivity index (χ0) is 16.9. The number of aliphatic hydroxyl groups excluding tert-OH is 1. The highest BCUT2D eigenvalue weighted by Crippen LogP contribution is 2.31. The topological polar surface area (TPSA) is 88.2 Å². The minimum absolute atomic E-state index is 0.0314. The summed E-state index contributed by atoms with van der Waals surface area (Å²) in [6, 6.07) is 10.2. The summed E-state index contributed by atoms with van der Waals surface area (Å²) in [4.78, 5) is 16.5. The molecule has 1 aromatic carbocycles. The maximum Gasteiger partial charge on any atom is 0.220 e. The van der Waals surface area contributed by atoms with E-state index in [1.807, 2.05) is 23.6 Å². The van der Waals surface area contributed by atoms with Gasteiger partial charge < -0.3 is 16.2 Å². The number of hydrogen-bond acceptors (Lipinski definition) is 5. The second-order valence-electron chi connectivity index (χ2n) is 6.43. The van der Waals surface area contributed by atoms with Crippen LogP contribution < -0.4 is 11.1 Å². The van der Waals surface area contributed by atoms with Crippen LogP contribution in [0.1, 0.15) is 30.5 Å². The van der Waals surface area contributed by atoms with Crippen LogP contribution in [0.3, 0.4) is 0 Å². The summed E-state index contributed by atoms with van der Waals surface area (Å²) in [5.41, 5.74) is 7.69. The van der Waals surface area contributed by atoms with Crippen LogP contribution in [0.15, 0.2) is 35.7 Å². The highest BCUT2D eigenvalue weighted by atomic mass is 32.1. The number of aryl methyl sites for hydroxylation is 1. The maximum atomic E-state index is 12.3. The molecular formula is C18H23N3O2S.